The Morgan fingerprint density at radius 1 is 1.15 bits per heavy atom. The van der Waals surface area contributed by atoms with Crippen LogP contribution in [0.3, 0.4) is 0 Å². The van der Waals surface area contributed by atoms with Crippen molar-refractivity contribution in [1.29, 1.82) is 0 Å². The molecular weight excluding hydrogens is 415 g/mol. The molecule has 1 aliphatic carbocycles. The molecule has 1 heterocycles. The number of halogens is 3. The highest BCUT2D eigenvalue weighted by molar-refractivity contribution is 9.19. The van der Waals surface area contributed by atoms with E-state index in [0.717, 1.165) is 24.9 Å². The quantitative estimate of drug-likeness (QED) is 0.535. The van der Waals surface area contributed by atoms with E-state index in [4.69, 9.17) is 0 Å². The third kappa shape index (κ3) is 4.46. The van der Waals surface area contributed by atoms with E-state index in [-0.39, 0.29) is 17.9 Å². The van der Waals surface area contributed by atoms with Crippen molar-refractivity contribution in [3.05, 3.63) is 29.8 Å². The summed E-state index contributed by atoms with van der Waals surface area (Å²) >= 11 is 4.45. The molecule has 0 aromatic heterocycles. The molecular formula is C18H26F3NO2S3. The van der Waals surface area contributed by atoms with Gasteiger partial charge in [0.2, 0.25) is 8.87 Å². The van der Waals surface area contributed by atoms with Gasteiger partial charge in [0.1, 0.15) is 0 Å². The SMILES string of the molecule is Cc1ccc(S(=O)(=O)S(C)(S)[C@@H]2CN(CC3CC3)CC[C@H]2C(F)(F)F)cc1. The second kappa shape index (κ2) is 7.46. The van der Waals surface area contributed by atoms with Gasteiger partial charge in [-0.3, -0.25) is 0 Å². The topological polar surface area (TPSA) is 37.4 Å². The van der Waals surface area contributed by atoms with Crippen LogP contribution in [0, 0.1) is 18.8 Å². The van der Waals surface area contributed by atoms with Crippen molar-refractivity contribution in [3.8, 4) is 0 Å². The van der Waals surface area contributed by atoms with Gasteiger partial charge in [0.05, 0.1) is 10.8 Å². The number of thiol groups is 1. The second-order valence-corrected chi connectivity index (χ2v) is 17.9. The molecule has 1 aromatic rings. The number of rotatable bonds is 5. The summed E-state index contributed by atoms with van der Waals surface area (Å²) in [5.74, 6) is -1.09. The molecule has 1 saturated carbocycles. The van der Waals surface area contributed by atoms with Crippen LogP contribution in [-0.2, 0) is 8.87 Å². The van der Waals surface area contributed by atoms with Gasteiger partial charge in [0.25, 0.3) is 0 Å². The molecule has 0 radical (unpaired) electrons. The zero-order chi connectivity index (χ0) is 20.0. The van der Waals surface area contributed by atoms with Crippen LogP contribution in [0.25, 0.3) is 0 Å². The lowest BCUT2D eigenvalue weighted by atomic mass is 9.95. The number of hydrogen-bond donors (Lipinski definition) is 1. The van der Waals surface area contributed by atoms with Crippen molar-refractivity contribution in [3.63, 3.8) is 0 Å². The molecule has 3 rings (SSSR count). The number of alkyl halides is 3. The van der Waals surface area contributed by atoms with Crippen molar-refractivity contribution in [2.45, 2.75) is 42.5 Å². The number of likely N-dealkylation sites (tertiary alicyclic amines) is 1. The maximum atomic E-state index is 13.7. The molecule has 0 spiro atoms. The summed E-state index contributed by atoms with van der Waals surface area (Å²) in [7, 11) is -6.87. The van der Waals surface area contributed by atoms with Crippen LogP contribution >= 0.6 is 19.8 Å². The Hall–Kier alpha value is -0.380. The fourth-order valence-corrected chi connectivity index (χ4v) is 10.7. The summed E-state index contributed by atoms with van der Waals surface area (Å²) in [6.07, 6.45) is -0.855. The predicted octanol–water partition coefficient (Wildman–Crippen LogP) is 4.63. The summed E-state index contributed by atoms with van der Waals surface area (Å²) in [4.78, 5) is 2.07. The number of aryl methyl sites for hydroxylation is 1. The molecule has 1 saturated heterocycles. The molecule has 1 aliphatic heterocycles. The Balaban J connectivity index is 1.94. The van der Waals surface area contributed by atoms with Crippen molar-refractivity contribution in [1.82, 2.24) is 4.90 Å². The first-order valence-electron chi connectivity index (χ1n) is 9.03. The number of nitrogens with zero attached hydrogens (tertiary/aromatic N) is 1. The Kier molecular flexibility index (Phi) is 5.90. The third-order valence-electron chi connectivity index (χ3n) is 5.59. The van der Waals surface area contributed by atoms with Gasteiger partial charge in [-0.05, 0) is 57.0 Å². The van der Waals surface area contributed by atoms with E-state index < -0.39 is 34.3 Å². The Bertz CT molecular complexity index is 774. The number of hydrogen-bond acceptors (Lipinski definition) is 4. The molecule has 27 heavy (non-hydrogen) atoms. The minimum atomic E-state index is -4.42. The molecule has 3 atom stereocenters. The standard InChI is InChI=1S/C18H26F3NO2S3/c1-13-3-7-15(8-4-13)27(23,24)26(2,25)17-12-22(11-14-5-6-14)10-9-16(17)18(19,20)21/h3-4,7-8,14,16-17,25H,5-6,9-12H2,1-2H3/t16-,17-/m1/s1. The van der Waals surface area contributed by atoms with Crippen molar-refractivity contribution in [2.24, 2.45) is 11.8 Å². The summed E-state index contributed by atoms with van der Waals surface area (Å²) in [6.45, 7) is 3.10. The minimum Gasteiger partial charge on any atom is -0.302 e. The van der Waals surface area contributed by atoms with Gasteiger partial charge >= 0.3 is 6.18 Å². The molecule has 3 nitrogen and oxygen atoms in total. The van der Waals surface area contributed by atoms with Gasteiger partial charge < -0.3 is 4.90 Å². The Morgan fingerprint density at radius 2 is 1.74 bits per heavy atom. The van der Waals surface area contributed by atoms with E-state index in [1.165, 1.54) is 18.4 Å². The molecule has 1 aromatic carbocycles. The van der Waals surface area contributed by atoms with Crippen molar-refractivity contribution in [2.75, 3.05) is 25.9 Å². The summed E-state index contributed by atoms with van der Waals surface area (Å²) in [5, 5.41) is -1.04. The lowest BCUT2D eigenvalue weighted by Crippen LogP contribution is -2.51. The lowest BCUT2D eigenvalue weighted by molar-refractivity contribution is -0.183. The van der Waals surface area contributed by atoms with E-state index in [1.807, 2.05) is 11.8 Å². The molecule has 1 unspecified atom stereocenters. The average Bonchev–Trinajstić information content (AvgIpc) is 3.38. The van der Waals surface area contributed by atoms with E-state index in [9.17, 15) is 21.6 Å². The molecule has 2 fully saturated rings. The largest absolute Gasteiger partial charge is 0.392 e. The average molecular weight is 442 g/mol. The highest BCUT2D eigenvalue weighted by atomic mass is 33.6. The Labute approximate surface area is 165 Å². The first-order valence-corrected chi connectivity index (χ1v) is 14.2. The molecule has 0 N–H and O–H groups in total. The van der Waals surface area contributed by atoms with Crippen molar-refractivity contribution >= 4 is 28.6 Å². The Morgan fingerprint density at radius 3 is 2.26 bits per heavy atom. The first kappa shape index (κ1) is 21.3. The van der Waals surface area contributed by atoms with E-state index in [2.05, 4.69) is 11.7 Å². The maximum absolute atomic E-state index is 13.7. The predicted molar refractivity (Wildman–Crippen MR) is 108 cm³/mol. The minimum absolute atomic E-state index is 0.0563. The number of benzene rings is 1. The molecule has 2 aliphatic rings. The summed E-state index contributed by atoms with van der Waals surface area (Å²) in [5.41, 5.74) is 0.895. The van der Waals surface area contributed by atoms with Crippen LogP contribution in [0.15, 0.2) is 29.2 Å². The van der Waals surface area contributed by atoms with Gasteiger partial charge in [-0.2, -0.15) is 13.2 Å². The van der Waals surface area contributed by atoms with Gasteiger partial charge in [0.15, 0.2) is 0 Å². The highest BCUT2D eigenvalue weighted by Crippen LogP contribution is 2.66. The van der Waals surface area contributed by atoms with Crippen LogP contribution in [-0.4, -0.2) is 50.6 Å². The van der Waals surface area contributed by atoms with Crippen LogP contribution < -0.4 is 0 Å². The summed E-state index contributed by atoms with van der Waals surface area (Å²) in [6, 6.07) is 6.27. The first-order chi connectivity index (χ1) is 12.4. The van der Waals surface area contributed by atoms with Gasteiger partial charge in [-0.1, -0.05) is 25.8 Å². The van der Waals surface area contributed by atoms with Gasteiger partial charge in [-0.25, -0.2) is 8.42 Å². The van der Waals surface area contributed by atoms with Gasteiger partial charge in [-0.15, -0.1) is 11.7 Å². The molecule has 0 bridgehead atoms. The van der Waals surface area contributed by atoms with E-state index >= 15 is 0 Å². The van der Waals surface area contributed by atoms with Gasteiger partial charge in [0, 0.05) is 18.3 Å². The van der Waals surface area contributed by atoms with Crippen LogP contribution in [0.5, 0.6) is 0 Å². The smallest absolute Gasteiger partial charge is 0.302 e. The zero-order valence-corrected chi connectivity index (χ0v) is 18.0. The van der Waals surface area contributed by atoms with Crippen molar-refractivity contribution < 1.29 is 21.6 Å². The van der Waals surface area contributed by atoms with E-state index in [0.29, 0.717) is 12.5 Å². The zero-order valence-electron chi connectivity index (χ0n) is 15.4. The van der Waals surface area contributed by atoms with Crippen LogP contribution in [0.1, 0.15) is 24.8 Å². The third-order valence-corrected chi connectivity index (χ3v) is 15.5. The lowest BCUT2D eigenvalue weighted by Gasteiger charge is -2.48. The fourth-order valence-electron chi connectivity index (χ4n) is 3.69. The molecule has 154 valence electrons. The monoisotopic (exact) mass is 441 g/mol. The second-order valence-electron chi connectivity index (χ2n) is 7.81. The fraction of sp³-hybridized carbons (Fsp3) is 0.667. The number of piperidine rings is 1. The maximum Gasteiger partial charge on any atom is 0.392 e. The van der Waals surface area contributed by atoms with Crippen LogP contribution in [0.2, 0.25) is 0 Å². The van der Waals surface area contributed by atoms with E-state index in [1.54, 1.807) is 12.1 Å². The highest BCUT2D eigenvalue weighted by Gasteiger charge is 2.54. The normalized spacial score (nSPS) is 28.5. The molecule has 9 heteroatoms. The summed E-state index contributed by atoms with van der Waals surface area (Å²) < 4.78 is 67.7. The molecule has 0 amide bonds. The van der Waals surface area contributed by atoms with Crippen LogP contribution in [0.4, 0.5) is 13.2 Å².